The maximum absolute atomic E-state index is 13.2. The Morgan fingerprint density at radius 3 is 2.29 bits per heavy atom. The van der Waals surface area contributed by atoms with Crippen LogP contribution in [-0.4, -0.2) is 48.9 Å². The summed E-state index contributed by atoms with van der Waals surface area (Å²) in [5, 5.41) is 5.82. The van der Waals surface area contributed by atoms with E-state index in [1.54, 1.807) is 79.6 Å². The number of aryl methyl sites for hydroxylation is 1. The molecule has 3 aromatic rings. The van der Waals surface area contributed by atoms with Gasteiger partial charge in [-0.15, -0.1) is 0 Å². The summed E-state index contributed by atoms with van der Waals surface area (Å²) in [5.74, 6) is 0.922. The summed E-state index contributed by atoms with van der Waals surface area (Å²) >= 11 is 0. The molecule has 0 aliphatic carbocycles. The Morgan fingerprint density at radius 1 is 0.941 bits per heavy atom. The van der Waals surface area contributed by atoms with Crippen molar-refractivity contribution >= 4 is 23.4 Å². The molecule has 2 N–H and O–H groups in total. The molecule has 0 atom stereocenters. The molecule has 176 valence electrons. The van der Waals surface area contributed by atoms with E-state index in [1.807, 2.05) is 0 Å². The second-order valence-corrected chi connectivity index (χ2v) is 8.18. The summed E-state index contributed by atoms with van der Waals surface area (Å²) in [7, 11) is 1.56. The maximum Gasteiger partial charge on any atom is 0.287 e. The van der Waals surface area contributed by atoms with Crippen LogP contribution in [0.15, 0.2) is 65.1 Å². The molecule has 0 saturated carbocycles. The molecule has 0 radical (unpaired) electrons. The predicted molar refractivity (Wildman–Crippen MR) is 127 cm³/mol. The van der Waals surface area contributed by atoms with Crippen LogP contribution in [0.3, 0.4) is 0 Å². The minimum atomic E-state index is -0.308. The van der Waals surface area contributed by atoms with Crippen LogP contribution in [0.25, 0.3) is 0 Å². The van der Waals surface area contributed by atoms with E-state index in [9.17, 15) is 14.4 Å². The molecular formula is C26H27N3O5. The molecular weight excluding hydrogens is 434 g/mol. The number of carbonyl (C=O) groups excluding carboxylic acids is 3. The zero-order valence-corrected chi connectivity index (χ0v) is 19.2. The van der Waals surface area contributed by atoms with E-state index in [-0.39, 0.29) is 29.5 Å². The molecule has 3 amide bonds. The largest absolute Gasteiger partial charge is 0.497 e. The normalized spacial score (nSPS) is 13.9. The highest BCUT2D eigenvalue weighted by Gasteiger charge is 2.27. The highest BCUT2D eigenvalue weighted by atomic mass is 16.5. The number of hydrogen-bond donors (Lipinski definition) is 2. The molecule has 2 aromatic carbocycles. The number of ether oxygens (including phenoxy) is 1. The van der Waals surface area contributed by atoms with E-state index in [1.165, 1.54) is 0 Å². The monoisotopic (exact) mass is 461 g/mol. The molecule has 1 aliphatic heterocycles. The Balaban J connectivity index is 1.37. The van der Waals surface area contributed by atoms with Gasteiger partial charge in [0, 0.05) is 24.7 Å². The number of methoxy groups -OCH3 is 1. The summed E-state index contributed by atoms with van der Waals surface area (Å²) in [5.41, 5.74) is 1.35. The molecule has 0 bridgehead atoms. The van der Waals surface area contributed by atoms with Crippen molar-refractivity contribution in [3.8, 4) is 5.75 Å². The summed E-state index contributed by atoms with van der Waals surface area (Å²) in [6.07, 6.45) is 1.27. The molecule has 34 heavy (non-hydrogen) atoms. The summed E-state index contributed by atoms with van der Waals surface area (Å²) in [6, 6.07) is 17.1. The maximum atomic E-state index is 13.2. The van der Waals surface area contributed by atoms with Gasteiger partial charge in [-0.05, 0) is 68.3 Å². The van der Waals surface area contributed by atoms with Crippen LogP contribution in [0.2, 0.25) is 0 Å². The van der Waals surface area contributed by atoms with E-state index >= 15 is 0 Å². The lowest BCUT2D eigenvalue weighted by atomic mass is 10.0. The quantitative estimate of drug-likeness (QED) is 0.580. The van der Waals surface area contributed by atoms with Gasteiger partial charge in [0.25, 0.3) is 17.7 Å². The Kier molecular flexibility index (Phi) is 6.96. The van der Waals surface area contributed by atoms with Gasteiger partial charge in [-0.2, -0.15) is 0 Å². The average molecular weight is 462 g/mol. The lowest BCUT2D eigenvalue weighted by molar-refractivity contribution is 0.0696. The molecule has 2 heterocycles. The number of hydrogen-bond acceptors (Lipinski definition) is 5. The first kappa shape index (κ1) is 23.1. The third kappa shape index (κ3) is 5.28. The number of para-hydroxylation sites is 1. The number of likely N-dealkylation sites (tertiary alicyclic amines) is 1. The molecule has 0 spiro atoms. The Hall–Kier alpha value is -4.07. The SMILES string of the molecule is COc1ccc(C(=O)Nc2ccccc2C(=O)N2CCC(NC(=O)c3ccc(C)o3)CC2)cc1. The fourth-order valence-corrected chi connectivity index (χ4v) is 3.93. The average Bonchev–Trinajstić information content (AvgIpc) is 3.31. The predicted octanol–water partition coefficient (Wildman–Crippen LogP) is 3.88. The highest BCUT2D eigenvalue weighted by molar-refractivity contribution is 6.09. The molecule has 1 fully saturated rings. The molecule has 1 aliphatic rings. The lowest BCUT2D eigenvalue weighted by Crippen LogP contribution is -2.46. The second kappa shape index (κ2) is 10.2. The standard InChI is InChI=1S/C26H27N3O5/c1-17-7-12-23(34-17)25(31)27-19-13-15-29(16-14-19)26(32)21-5-3-4-6-22(21)28-24(30)18-8-10-20(33-2)11-9-18/h3-12,19H,13-16H2,1-2H3,(H,27,31)(H,28,30). The zero-order valence-electron chi connectivity index (χ0n) is 19.2. The van der Waals surface area contributed by atoms with Gasteiger partial charge in [0.1, 0.15) is 11.5 Å². The van der Waals surface area contributed by atoms with Gasteiger partial charge in [0.2, 0.25) is 0 Å². The number of carbonyl (C=O) groups is 3. The van der Waals surface area contributed by atoms with Crippen molar-refractivity contribution in [2.24, 2.45) is 0 Å². The van der Waals surface area contributed by atoms with E-state index in [0.29, 0.717) is 54.3 Å². The third-order valence-corrected chi connectivity index (χ3v) is 5.84. The Bertz CT molecular complexity index is 1180. The number of benzene rings is 2. The first-order chi connectivity index (χ1) is 16.4. The number of furan rings is 1. The molecule has 1 aromatic heterocycles. The second-order valence-electron chi connectivity index (χ2n) is 8.18. The molecule has 1 saturated heterocycles. The van der Waals surface area contributed by atoms with Crippen molar-refractivity contribution in [1.82, 2.24) is 10.2 Å². The Labute approximate surface area is 197 Å². The summed E-state index contributed by atoms with van der Waals surface area (Å²) < 4.78 is 10.5. The van der Waals surface area contributed by atoms with Crippen molar-refractivity contribution in [3.63, 3.8) is 0 Å². The van der Waals surface area contributed by atoms with Gasteiger partial charge in [0.05, 0.1) is 18.4 Å². The summed E-state index contributed by atoms with van der Waals surface area (Å²) in [4.78, 5) is 40.0. The van der Waals surface area contributed by atoms with Crippen LogP contribution >= 0.6 is 0 Å². The van der Waals surface area contributed by atoms with Gasteiger partial charge in [-0.1, -0.05) is 12.1 Å². The van der Waals surface area contributed by atoms with Crippen LogP contribution < -0.4 is 15.4 Å². The zero-order chi connectivity index (χ0) is 24.1. The minimum absolute atomic E-state index is 0.0352. The van der Waals surface area contributed by atoms with Gasteiger partial charge in [-0.25, -0.2) is 0 Å². The van der Waals surface area contributed by atoms with Crippen molar-refractivity contribution in [2.45, 2.75) is 25.8 Å². The van der Waals surface area contributed by atoms with Crippen molar-refractivity contribution in [2.75, 3.05) is 25.5 Å². The van der Waals surface area contributed by atoms with Gasteiger partial charge < -0.3 is 24.7 Å². The number of piperidine rings is 1. The Morgan fingerprint density at radius 2 is 1.65 bits per heavy atom. The van der Waals surface area contributed by atoms with Crippen molar-refractivity contribution in [1.29, 1.82) is 0 Å². The highest BCUT2D eigenvalue weighted by Crippen LogP contribution is 2.22. The smallest absolute Gasteiger partial charge is 0.287 e. The van der Waals surface area contributed by atoms with E-state index in [0.717, 1.165) is 0 Å². The van der Waals surface area contributed by atoms with Crippen LogP contribution in [0, 0.1) is 6.92 Å². The van der Waals surface area contributed by atoms with E-state index in [4.69, 9.17) is 9.15 Å². The summed E-state index contributed by atoms with van der Waals surface area (Å²) in [6.45, 7) is 2.79. The van der Waals surface area contributed by atoms with Crippen LogP contribution in [0.5, 0.6) is 5.75 Å². The molecule has 4 rings (SSSR count). The van der Waals surface area contributed by atoms with Gasteiger partial charge in [0.15, 0.2) is 5.76 Å². The number of rotatable bonds is 6. The lowest BCUT2D eigenvalue weighted by Gasteiger charge is -2.32. The van der Waals surface area contributed by atoms with E-state index < -0.39 is 0 Å². The van der Waals surface area contributed by atoms with Crippen molar-refractivity contribution < 1.29 is 23.5 Å². The van der Waals surface area contributed by atoms with E-state index in [2.05, 4.69) is 10.6 Å². The molecule has 0 unspecified atom stereocenters. The topological polar surface area (TPSA) is 101 Å². The fraction of sp³-hybridized carbons (Fsp3) is 0.269. The molecule has 8 heteroatoms. The van der Waals surface area contributed by atoms with Gasteiger partial charge in [-0.3, -0.25) is 14.4 Å². The number of nitrogens with one attached hydrogen (secondary N) is 2. The number of nitrogens with zero attached hydrogens (tertiary/aromatic N) is 1. The van der Waals surface area contributed by atoms with Crippen LogP contribution in [0.4, 0.5) is 5.69 Å². The number of anilines is 1. The number of amides is 3. The van der Waals surface area contributed by atoms with Gasteiger partial charge >= 0.3 is 0 Å². The molecule has 8 nitrogen and oxygen atoms in total. The minimum Gasteiger partial charge on any atom is -0.497 e. The van der Waals surface area contributed by atoms with Crippen LogP contribution in [0.1, 0.15) is 49.9 Å². The first-order valence-electron chi connectivity index (χ1n) is 11.2. The van der Waals surface area contributed by atoms with Crippen molar-refractivity contribution in [3.05, 3.63) is 83.3 Å². The fourth-order valence-electron chi connectivity index (χ4n) is 3.93. The van der Waals surface area contributed by atoms with Crippen LogP contribution in [-0.2, 0) is 0 Å². The third-order valence-electron chi connectivity index (χ3n) is 5.84. The first-order valence-corrected chi connectivity index (χ1v) is 11.2.